The average molecular weight is 299 g/mol. The van der Waals surface area contributed by atoms with Crippen molar-refractivity contribution in [2.24, 2.45) is 11.7 Å². The predicted octanol–water partition coefficient (Wildman–Crippen LogP) is -0.521. The summed E-state index contributed by atoms with van der Waals surface area (Å²) < 4.78 is 5.23. The van der Waals surface area contributed by atoms with Gasteiger partial charge >= 0.3 is 12.0 Å². The molecule has 1 unspecified atom stereocenters. The van der Waals surface area contributed by atoms with Gasteiger partial charge in [0.2, 0.25) is 5.91 Å². The number of primary amides is 1. The van der Waals surface area contributed by atoms with Crippen molar-refractivity contribution < 1.29 is 24.2 Å². The maximum absolute atomic E-state index is 12.3. The second-order valence-corrected chi connectivity index (χ2v) is 5.51. The number of nitrogens with zero attached hydrogens (tertiary/aromatic N) is 2. The molecule has 3 N–H and O–H groups in total. The van der Waals surface area contributed by atoms with E-state index in [1.165, 1.54) is 0 Å². The fourth-order valence-electron chi connectivity index (χ4n) is 2.77. The number of carbonyl (C=O) groups is 3. The SMILES string of the molecule is NC(=O)C1CCN(C(=O)N2CCC(OCC(=O)O)CC2)C1. The Balaban J connectivity index is 1.76. The van der Waals surface area contributed by atoms with E-state index >= 15 is 0 Å². The van der Waals surface area contributed by atoms with Gasteiger partial charge in [0.05, 0.1) is 12.0 Å². The van der Waals surface area contributed by atoms with Crippen LogP contribution in [0.1, 0.15) is 19.3 Å². The quantitative estimate of drug-likeness (QED) is 0.725. The van der Waals surface area contributed by atoms with Gasteiger partial charge in [0.1, 0.15) is 6.61 Å². The maximum atomic E-state index is 12.3. The van der Waals surface area contributed by atoms with Crippen LogP contribution >= 0.6 is 0 Å². The van der Waals surface area contributed by atoms with Crippen molar-refractivity contribution in [2.45, 2.75) is 25.4 Å². The van der Waals surface area contributed by atoms with Gasteiger partial charge in [0.25, 0.3) is 0 Å². The molecule has 2 saturated heterocycles. The fraction of sp³-hybridized carbons (Fsp3) is 0.769. The summed E-state index contributed by atoms with van der Waals surface area (Å²) in [5.74, 6) is -1.58. The van der Waals surface area contributed by atoms with Crippen molar-refractivity contribution in [1.82, 2.24) is 9.80 Å². The molecule has 1 atom stereocenters. The monoisotopic (exact) mass is 299 g/mol. The zero-order valence-electron chi connectivity index (χ0n) is 11.9. The first kappa shape index (κ1) is 15.6. The first-order valence-electron chi connectivity index (χ1n) is 7.14. The molecular weight excluding hydrogens is 278 g/mol. The number of rotatable bonds is 4. The summed E-state index contributed by atoms with van der Waals surface area (Å²) in [5, 5.41) is 8.56. The highest BCUT2D eigenvalue weighted by molar-refractivity contribution is 5.80. The molecule has 0 spiro atoms. The van der Waals surface area contributed by atoms with Crippen molar-refractivity contribution in [1.29, 1.82) is 0 Å². The van der Waals surface area contributed by atoms with Crippen LogP contribution < -0.4 is 5.73 Å². The number of amides is 3. The highest BCUT2D eigenvalue weighted by Gasteiger charge is 2.33. The molecule has 0 radical (unpaired) electrons. The second kappa shape index (κ2) is 6.75. The molecule has 21 heavy (non-hydrogen) atoms. The van der Waals surface area contributed by atoms with E-state index in [1.54, 1.807) is 9.80 Å². The van der Waals surface area contributed by atoms with Gasteiger partial charge in [0.15, 0.2) is 0 Å². The molecule has 3 amide bonds. The molecule has 8 nitrogen and oxygen atoms in total. The minimum Gasteiger partial charge on any atom is -0.480 e. The Hall–Kier alpha value is -1.83. The average Bonchev–Trinajstić information content (AvgIpc) is 2.95. The standard InChI is InChI=1S/C13H21N3O5/c14-12(19)9-1-4-16(7-9)13(20)15-5-2-10(3-6-15)21-8-11(17)18/h9-10H,1-8H2,(H2,14,19)(H,17,18). The van der Waals surface area contributed by atoms with E-state index in [4.69, 9.17) is 15.6 Å². The summed E-state index contributed by atoms with van der Waals surface area (Å²) in [4.78, 5) is 37.3. The lowest BCUT2D eigenvalue weighted by atomic mass is 10.1. The molecule has 2 aliphatic heterocycles. The molecule has 2 fully saturated rings. The van der Waals surface area contributed by atoms with Crippen LogP contribution in [0, 0.1) is 5.92 Å². The molecule has 0 aromatic heterocycles. The Morgan fingerprint density at radius 3 is 2.24 bits per heavy atom. The lowest BCUT2D eigenvalue weighted by molar-refractivity contribution is -0.145. The number of ether oxygens (including phenoxy) is 1. The maximum Gasteiger partial charge on any atom is 0.329 e. The number of urea groups is 1. The van der Waals surface area contributed by atoms with Crippen LogP contribution in [-0.4, -0.2) is 71.7 Å². The van der Waals surface area contributed by atoms with Crippen LogP contribution in [0.5, 0.6) is 0 Å². The summed E-state index contributed by atoms with van der Waals surface area (Å²) in [7, 11) is 0. The number of hydrogen-bond acceptors (Lipinski definition) is 4. The molecule has 8 heteroatoms. The Morgan fingerprint density at radius 2 is 1.71 bits per heavy atom. The first-order chi connectivity index (χ1) is 9.97. The van der Waals surface area contributed by atoms with Crippen LogP contribution in [0.15, 0.2) is 0 Å². The van der Waals surface area contributed by atoms with Gasteiger partial charge in [0, 0.05) is 26.2 Å². The molecule has 0 aliphatic carbocycles. The molecule has 0 aromatic carbocycles. The van der Waals surface area contributed by atoms with Crippen molar-refractivity contribution >= 4 is 17.9 Å². The van der Waals surface area contributed by atoms with Crippen molar-refractivity contribution in [3.63, 3.8) is 0 Å². The lowest BCUT2D eigenvalue weighted by Gasteiger charge is -2.34. The first-order valence-corrected chi connectivity index (χ1v) is 7.14. The van der Waals surface area contributed by atoms with Crippen LogP contribution in [0.3, 0.4) is 0 Å². The second-order valence-electron chi connectivity index (χ2n) is 5.51. The van der Waals surface area contributed by atoms with Crippen molar-refractivity contribution in [2.75, 3.05) is 32.8 Å². The van der Waals surface area contributed by atoms with Gasteiger partial charge in [-0.25, -0.2) is 9.59 Å². The number of hydrogen-bond donors (Lipinski definition) is 2. The minimum atomic E-state index is -0.983. The molecule has 118 valence electrons. The van der Waals surface area contributed by atoms with Crippen molar-refractivity contribution in [3.05, 3.63) is 0 Å². The zero-order valence-corrected chi connectivity index (χ0v) is 11.9. The van der Waals surface area contributed by atoms with E-state index in [0.717, 1.165) is 0 Å². The summed E-state index contributed by atoms with van der Waals surface area (Å²) >= 11 is 0. The Kier molecular flexibility index (Phi) is 5.00. The van der Waals surface area contributed by atoms with E-state index in [9.17, 15) is 14.4 Å². The molecule has 0 aromatic rings. The number of likely N-dealkylation sites (tertiary alicyclic amines) is 2. The Morgan fingerprint density at radius 1 is 1.10 bits per heavy atom. The third kappa shape index (κ3) is 4.07. The van der Waals surface area contributed by atoms with Crippen LogP contribution in [0.25, 0.3) is 0 Å². The number of piperidine rings is 1. The zero-order chi connectivity index (χ0) is 15.4. The van der Waals surface area contributed by atoms with E-state index in [2.05, 4.69) is 0 Å². The smallest absolute Gasteiger partial charge is 0.329 e. The normalized spacial score (nSPS) is 23.3. The summed E-state index contributed by atoms with van der Waals surface area (Å²) in [6.45, 7) is 1.73. The van der Waals surface area contributed by atoms with Crippen LogP contribution in [0.2, 0.25) is 0 Å². The fourth-order valence-corrected chi connectivity index (χ4v) is 2.77. The molecule has 2 rings (SSSR count). The van der Waals surface area contributed by atoms with Gasteiger partial charge in [-0.3, -0.25) is 4.79 Å². The molecule has 2 heterocycles. The topological polar surface area (TPSA) is 113 Å². The highest BCUT2D eigenvalue weighted by atomic mass is 16.5. The van der Waals surface area contributed by atoms with Crippen molar-refractivity contribution in [3.8, 4) is 0 Å². The highest BCUT2D eigenvalue weighted by Crippen LogP contribution is 2.20. The summed E-state index contributed by atoms with van der Waals surface area (Å²) in [6.07, 6.45) is 1.78. The van der Waals surface area contributed by atoms with E-state index in [0.29, 0.717) is 45.4 Å². The summed E-state index contributed by atoms with van der Waals surface area (Å²) in [5.41, 5.74) is 5.26. The third-order valence-corrected chi connectivity index (χ3v) is 4.02. The van der Waals surface area contributed by atoms with E-state index < -0.39 is 5.97 Å². The van der Waals surface area contributed by atoms with E-state index in [-0.39, 0.29) is 30.6 Å². The van der Waals surface area contributed by atoms with Gasteiger partial charge in [-0.2, -0.15) is 0 Å². The molecule has 0 saturated carbocycles. The molecular formula is C13H21N3O5. The summed E-state index contributed by atoms with van der Waals surface area (Å²) in [6, 6.07) is -0.0737. The molecule has 2 aliphatic rings. The largest absolute Gasteiger partial charge is 0.480 e. The Labute approximate surface area is 122 Å². The number of carboxylic acid groups (broad SMARTS) is 1. The van der Waals surface area contributed by atoms with Gasteiger partial charge in [-0.05, 0) is 19.3 Å². The van der Waals surface area contributed by atoms with Gasteiger partial charge in [-0.1, -0.05) is 0 Å². The van der Waals surface area contributed by atoms with Crippen LogP contribution in [0.4, 0.5) is 4.79 Å². The minimum absolute atomic E-state index is 0.0737. The van der Waals surface area contributed by atoms with Gasteiger partial charge in [-0.15, -0.1) is 0 Å². The van der Waals surface area contributed by atoms with E-state index in [1.807, 2.05) is 0 Å². The third-order valence-electron chi connectivity index (χ3n) is 4.02. The Bertz CT molecular complexity index is 420. The number of carboxylic acids is 1. The lowest BCUT2D eigenvalue weighted by Crippen LogP contribution is -2.47. The number of nitrogens with two attached hydrogens (primary N) is 1. The number of carbonyl (C=O) groups excluding carboxylic acids is 2. The molecule has 0 bridgehead atoms. The van der Waals surface area contributed by atoms with Gasteiger partial charge < -0.3 is 25.4 Å². The van der Waals surface area contributed by atoms with Crippen LogP contribution in [-0.2, 0) is 14.3 Å². The predicted molar refractivity (Wildman–Crippen MR) is 72.5 cm³/mol. The number of aliphatic carboxylic acids is 1.